The van der Waals surface area contributed by atoms with Crippen molar-refractivity contribution in [2.45, 2.75) is 10.6 Å². The molecule has 4 nitrogen and oxygen atoms in total. The molecule has 2 aromatic carbocycles. The summed E-state index contributed by atoms with van der Waals surface area (Å²) in [6.07, 6.45) is 0. The van der Waals surface area contributed by atoms with Gasteiger partial charge < -0.3 is 5.11 Å². The van der Waals surface area contributed by atoms with Gasteiger partial charge in [0.2, 0.25) is 0 Å². The third kappa shape index (κ3) is 3.56. The van der Waals surface area contributed by atoms with Crippen LogP contribution in [0.1, 0.15) is 5.82 Å². The number of H-pyrrole nitrogens is 1. The van der Waals surface area contributed by atoms with E-state index in [1.54, 1.807) is 36.0 Å². The number of halogens is 1. The smallest absolute Gasteiger partial charge is 0.181 e. The van der Waals surface area contributed by atoms with Gasteiger partial charge in [0.15, 0.2) is 5.82 Å². The number of aromatic amines is 1. The number of hydrogen-bond acceptors (Lipinski definition) is 4. The van der Waals surface area contributed by atoms with Crippen LogP contribution < -0.4 is 0 Å². The standard InChI is InChI=1S/C15H12ClN3OS/c16-11-3-7-13(8-4-11)21-9-14-17-15(19-18-14)10-1-5-12(20)6-2-10/h1-8,20H,9H2,(H,17,18,19). The Morgan fingerprint density at radius 3 is 2.48 bits per heavy atom. The Balaban J connectivity index is 1.67. The highest BCUT2D eigenvalue weighted by molar-refractivity contribution is 7.98. The first-order valence-corrected chi connectivity index (χ1v) is 7.66. The van der Waals surface area contributed by atoms with Gasteiger partial charge in [-0.05, 0) is 48.5 Å². The van der Waals surface area contributed by atoms with Gasteiger partial charge in [0.1, 0.15) is 11.6 Å². The van der Waals surface area contributed by atoms with E-state index in [2.05, 4.69) is 15.2 Å². The van der Waals surface area contributed by atoms with Gasteiger partial charge >= 0.3 is 0 Å². The van der Waals surface area contributed by atoms with E-state index in [-0.39, 0.29) is 5.75 Å². The Morgan fingerprint density at radius 1 is 1.05 bits per heavy atom. The van der Waals surface area contributed by atoms with E-state index in [4.69, 9.17) is 11.6 Å². The predicted octanol–water partition coefficient (Wildman–Crippen LogP) is 4.12. The summed E-state index contributed by atoms with van der Waals surface area (Å²) in [5.74, 6) is 2.36. The van der Waals surface area contributed by atoms with Crippen LogP contribution in [0.4, 0.5) is 0 Å². The van der Waals surface area contributed by atoms with Gasteiger partial charge in [0.05, 0.1) is 5.75 Å². The highest BCUT2D eigenvalue weighted by atomic mass is 35.5. The summed E-state index contributed by atoms with van der Waals surface area (Å²) < 4.78 is 0. The summed E-state index contributed by atoms with van der Waals surface area (Å²) >= 11 is 7.52. The highest BCUT2D eigenvalue weighted by Gasteiger charge is 2.06. The lowest BCUT2D eigenvalue weighted by molar-refractivity contribution is 0.475. The van der Waals surface area contributed by atoms with Crippen LogP contribution in [0.25, 0.3) is 11.4 Å². The predicted molar refractivity (Wildman–Crippen MR) is 84.5 cm³/mol. The number of hydrogen-bond donors (Lipinski definition) is 2. The monoisotopic (exact) mass is 317 g/mol. The number of nitrogens with one attached hydrogen (secondary N) is 1. The number of phenols is 1. The summed E-state index contributed by atoms with van der Waals surface area (Å²) in [5.41, 5.74) is 0.867. The molecular weight excluding hydrogens is 306 g/mol. The minimum absolute atomic E-state index is 0.229. The number of aromatic nitrogens is 3. The number of phenolic OH excluding ortho intramolecular Hbond substituents is 1. The van der Waals surface area contributed by atoms with Crippen molar-refractivity contribution in [1.82, 2.24) is 15.2 Å². The first-order valence-electron chi connectivity index (χ1n) is 6.30. The maximum Gasteiger partial charge on any atom is 0.181 e. The summed E-state index contributed by atoms with van der Waals surface area (Å²) in [7, 11) is 0. The van der Waals surface area contributed by atoms with Crippen LogP contribution in [0.3, 0.4) is 0 Å². The van der Waals surface area contributed by atoms with Crippen molar-refractivity contribution in [2.75, 3.05) is 0 Å². The molecule has 1 aromatic heterocycles. The lowest BCUT2D eigenvalue weighted by Crippen LogP contribution is -1.84. The molecule has 0 atom stereocenters. The van der Waals surface area contributed by atoms with Crippen LogP contribution in [0.2, 0.25) is 5.02 Å². The van der Waals surface area contributed by atoms with Gasteiger partial charge in [-0.2, -0.15) is 5.10 Å². The summed E-state index contributed by atoms with van der Waals surface area (Å²) in [5, 5.41) is 17.1. The van der Waals surface area contributed by atoms with E-state index in [1.807, 2.05) is 24.3 Å². The molecule has 0 aliphatic rings. The fraction of sp³-hybridized carbons (Fsp3) is 0.0667. The quantitative estimate of drug-likeness (QED) is 0.710. The zero-order chi connectivity index (χ0) is 14.7. The lowest BCUT2D eigenvalue weighted by Gasteiger charge is -1.98. The molecule has 0 spiro atoms. The van der Waals surface area contributed by atoms with Crippen molar-refractivity contribution >= 4 is 23.4 Å². The second-order valence-electron chi connectivity index (χ2n) is 4.40. The van der Waals surface area contributed by atoms with Gasteiger partial charge in [-0.25, -0.2) is 4.98 Å². The molecule has 0 aliphatic heterocycles. The van der Waals surface area contributed by atoms with Crippen molar-refractivity contribution in [3.63, 3.8) is 0 Å². The van der Waals surface area contributed by atoms with Crippen molar-refractivity contribution in [3.8, 4) is 17.1 Å². The SMILES string of the molecule is Oc1ccc(-c2n[nH]c(CSc3ccc(Cl)cc3)n2)cc1. The molecule has 0 radical (unpaired) electrons. The second-order valence-corrected chi connectivity index (χ2v) is 5.88. The Morgan fingerprint density at radius 2 is 1.76 bits per heavy atom. The summed E-state index contributed by atoms with van der Waals surface area (Å²) in [6.45, 7) is 0. The molecule has 0 fully saturated rings. The molecule has 0 amide bonds. The molecule has 0 bridgehead atoms. The van der Waals surface area contributed by atoms with E-state index in [9.17, 15) is 5.11 Å². The minimum Gasteiger partial charge on any atom is -0.508 e. The Labute approximate surface area is 131 Å². The van der Waals surface area contributed by atoms with Gasteiger partial charge in [-0.1, -0.05) is 11.6 Å². The van der Waals surface area contributed by atoms with Crippen molar-refractivity contribution < 1.29 is 5.11 Å². The molecule has 3 rings (SSSR count). The van der Waals surface area contributed by atoms with Gasteiger partial charge in [0.25, 0.3) is 0 Å². The molecule has 6 heteroatoms. The van der Waals surface area contributed by atoms with E-state index in [0.29, 0.717) is 11.6 Å². The Kier molecular flexibility index (Phi) is 4.13. The molecule has 0 saturated carbocycles. The first kappa shape index (κ1) is 14.0. The van der Waals surface area contributed by atoms with E-state index in [1.165, 1.54) is 0 Å². The molecule has 3 aromatic rings. The topological polar surface area (TPSA) is 61.8 Å². The Bertz CT molecular complexity index is 725. The Hall–Kier alpha value is -1.98. The van der Waals surface area contributed by atoms with Crippen LogP contribution in [0.15, 0.2) is 53.4 Å². The minimum atomic E-state index is 0.229. The summed E-state index contributed by atoms with van der Waals surface area (Å²) in [4.78, 5) is 5.57. The van der Waals surface area contributed by atoms with E-state index < -0.39 is 0 Å². The van der Waals surface area contributed by atoms with Gasteiger partial charge in [-0.15, -0.1) is 11.8 Å². The zero-order valence-electron chi connectivity index (χ0n) is 11.0. The number of nitrogens with zero attached hydrogens (tertiary/aromatic N) is 2. The normalized spacial score (nSPS) is 10.7. The van der Waals surface area contributed by atoms with Crippen molar-refractivity contribution in [2.24, 2.45) is 0 Å². The number of benzene rings is 2. The zero-order valence-corrected chi connectivity index (χ0v) is 12.5. The third-order valence-electron chi connectivity index (χ3n) is 2.85. The van der Waals surface area contributed by atoms with Gasteiger partial charge in [-0.3, -0.25) is 5.10 Å². The van der Waals surface area contributed by atoms with Crippen molar-refractivity contribution in [3.05, 3.63) is 59.4 Å². The molecule has 0 aliphatic carbocycles. The number of aromatic hydroxyl groups is 1. The summed E-state index contributed by atoms with van der Waals surface area (Å²) in [6, 6.07) is 14.5. The molecular formula is C15H12ClN3OS. The van der Waals surface area contributed by atoms with E-state index in [0.717, 1.165) is 21.3 Å². The molecule has 106 valence electrons. The van der Waals surface area contributed by atoms with Crippen LogP contribution in [0, 0.1) is 0 Å². The van der Waals surface area contributed by atoms with Crippen LogP contribution in [-0.2, 0) is 5.75 Å². The van der Waals surface area contributed by atoms with Crippen molar-refractivity contribution in [1.29, 1.82) is 0 Å². The maximum atomic E-state index is 9.28. The average molecular weight is 318 g/mol. The van der Waals surface area contributed by atoms with Crippen LogP contribution >= 0.6 is 23.4 Å². The maximum absolute atomic E-state index is 9.28. The molecule has 2 N–H and O–H groups in total. The van der Waals surface area contributed by atoms with Crippen LogP contribution in [-0.4, -0.2) is 20.3 Å². The van der Waals surface area contributed by atoms with Gasteiger partial charge in [0, 0.05) is 15.5 Å². The largest absolute Gasteiger partial charge is 0.508 e. The fourth-order valence-corrected chi connectivity index (χ4v) is 2.67. The molecule has 1 heterocycles. The lowest BCUT2D eigenvalue weighted by atomic mass is 10.2. The molecule has 0 saturated heterocycles. The highest BCUT2D eigenvalue weighted by Crippen LogP contribution is 2.24. The van der Waals surface area contributed by atoms with E-state index >= 15 is 0 Å². The molecule has 21 heavy (non-hydrogen) atoms. The number of rotatable bonds is 4. The fourth-order valence-electron chi connectivity index (χ4n) is 1.78. The third-order valence-corrected chi connectivity index (χ3v) is 4.12. The first-order chi connectivity index (χ1) is 10.2. The van der Waals surface area contributed by atoms with Crippen LogP contribution in [0.5, 0.6) is 5.75 Å². The average Bonchev–Trinajstić information content (AvgIpc) is 2.96. The number of thioether (sulfide) groups is 1. The second kappa shape index (κ2) is 6.20. The molecule has 0 unspecified atom stereocenters.